The third-order valence-electron chi connectivity index (χ3n) is 3.90. The minimum atomic E-state index is -3.55. The van der Waals surface area contributed by atoms with E-state index < -0.39 is 10.0 Å². The number of hydrogen-bond acceptors (Lipinski definition) is 3. The molecule has 146 valence electrons. The number of rotatable bonds is 8. The van der Waals surface area contributed by atoms with Crippen LogP contribution in [-0.4, -0.2) is 27.6 Å². The van der Waals surface area contributed by atoms with Gasteiger partial charge in [-0.05, 0) is 41.8 Å². The smallest absolute Gasteiger partial charge is 0.232 e. The molecular weight excluding hydrogens is 407 g/mol. The molecule has 0 radical (unpaired) electrons. The van der Waals surface area contributed by atoms with Crippen molar-refractivity contribution in [3.05, 3.63) is 58.1 Å². The largest absolute Gasteiger partial charge is 0.315 e. The number of anilines is 2. The van der Waals surface area contributed by atoms with E-state index in [-0.39, 0.29) is 6.54 Å². The molecule has 2 aromatic rings. The molecule has 0 fully saturated rings. The Kier molecular flexibility index (Phi) is 7.14. The Bertz CT molecular complexity index is 900. The minimum Gasteiger partial charge on any atom is -0.315 e. The highest BCUT2D eigenvalue weighted by atomic mass is 35.5. The van der Waals surface area contributed by atoms with Crippen molar-refractivity contribution in [2.24, 2.45) is 5.92 Å². The monoisotopic (exact) mass is 428 g/mol. The first-order chi connectivity index (χ1) is 12.6. The molecule has 27 heavy (non-hydrogen) atoms. The number of benzene rings is 2. The van der Waals surface area contributed by atoms with E-state index in [0.29, 0.717) is 39.4 Å². The van der Waals surface area contributed by atoms with E-state index in [1.54, 1.807) is 47.4 Å². The first-order valence-electron chi connectivity index (χ1n) is 8.36. The third-order valence-corrected chi connectivity index (χ3v) is 5.90. The normalized spacial score (nSPS) is 11.5. The van der Waals surface area contributed by atoms with E-state index in [2.05, 4.69) is 0 Å². The van der Waals surface area contributed by atoms with Crippen LogP contribution in [0, 0.1) is 5.92 Å². The number of carbonyl (C=O) groups is 1. The summed E-state index contributed by atoms with van der Waals surface area (Å²) in [4.78, 5) is 12.9. The van der Waals surface area contributed by atoms with Gasteiger partial charge in [-0.15, -0.1) is 0 Å². The van der Waals surface area contributed by atoms with Gasteiger partial charge in [0.05, 0.1) is 28.5 Å². The maximum absolute atomic E-state index is 12.3. The van der Waals surface area contributed by atoms with Crippen molar-refractivity contribution in [1.29, 1.82) is 0 Å². The Balaban J connectivity index is 2.35. The number of amides is 1. The Morgan fingerprint density at radius 2 is 1.63 bits per heavy atom. The van der Waals surface area contributed by atoms with Gasteiger partial charge in [0.2, 0.25) is 16.4 Å². The quantitative estimate of drug-likeness (QED) is 0.578. The molecule has 0 spiro atoms. The molecule has 5 nitrogen and oxygen atoms in total. The van der Waals surface area contributed by atoms with Gasteiger partial charge in [0.25, 0.3) is 0 Å². The van der Waals surface area contributed by atoms with Crippen molar-refractivity contribution < 1.29 is 13.2 Å². The van der Waals surface area contributed by atoms with Crippen molar-refractivity contribution in [1.82, 2.24) is 0 Å². The van der Waals surface area contributed by atoms with Crippen LogP contribution < -0.4 is 9.21 Å². The van der Waals surface area contributed by atoms with Gasteiger partial charge >= 0.3 is 0 Å². The van der Waals surface area contributed by atoms with Crippen LogP contribution in [0.3, 0.4) is 0 Å². The van der Waals surface area contributed by atoms with Crippen LogP contribution in [-0.2, 0) is 21.4 Å². The summed E-state index contributed by atoms with van der Waals surface area (Å²) in [5, 5.41) is 0.696. The van der Waals surface area contributed by atoms with Crippen molar-refractivity contribution in [2.45, 2.75) is 20.4 Å². The average molecular weight is 429 g/mol. The van der Waals surface area contributed by atoms with Crippen LogP contribution >= 0.6 is 23.2 Å². The van der Waals surface area contributed by atoms with Gasteiger partial charge in [-0.2, -0.15) is 0 Å². The summed E-state index contributed by atoms with van der Waals surface area (Å²) >= 11 is 12.2. The molecule has 1 amide bonds. The van der Waals surface area contributed by atoms with Crippen LogP contribution in [0.15, 0.2) is 42.5 Å². The summed E-state index contributed by atoms with van der Waals surface area (Å²) in [6, 6.07) is 11.9. The van der Waals surface area contributed by atoms with E-state index in [9.17, 15) is 13.2 Å². The fourth-order valence-corrected chi connectivity index (χ4v) is 3.90. The van der Waals surface area contributed by atoms with Crippen molar-refractivity contribution >= 4 is 51.0 Å². The van der Waals surface area contributed by atoms with E-state index in [0.717, 1.165) is 12.7 Å². The predicted octanol–water partition coefficient (Wildman–Crippen LogP) is 4.58. The lowest BCUT2D eigenvalue weighted by Crippen LogP contribution is -2.29. The minimum absolute atomic E-state index is 0.0565. The Morgan fingerprint density at radius 3 is 2.15 bits per heavy atom. The lowest BCUT2D eigenvalue weighted by Gasteiger charge is -2.25. The van der Waals surface area contributed by atoms with E-state index in [4.69, 9.17) is 23.2 Å². The van der Waals surface area contributed by atoms with Crippen molar-refractivity contribution in [2.75, 3.05) is 22.0 Å². The van der Waals surface area contributed by atoms with Gasteiger partial charge in [0.1, 0.15) is 0 Å². The van der Waals surface area contributed by atoms with Crippen molar-refractivity contribution in [3.63, 3.8) is 0 Å². The molecule has 0 atom stereocenters. The van der Waals surface area contributed by atoms with Gasteiger partial charge in [0, 0.05) is 12.2 Å². The lowest BCUT2D eigenvalue weighted by molar-refractivity contribution is -0.107. The highest BCUT2D eigenvalue weighted by Gasteiger charge is 2.20. The molecule has 0 aliphatic rings. The first-order valence-corrected chi connectivity index (χ1v) is 11.0. The molecule has 2 rings (SSSR count). The van der Waals surface area contributed by atoms with Crippen LogP contribution in [0.4, 0.5) is 11.4 Å². The highest BCUT2D eigenvalue weighted by molar-refractivity contribution is 7.92. The summed E-state index contributed by atoms with van der Waals surface area (Å²) in [5.74, 6) is 0.312. The number of halogens is 2. The third kappa shape index (κ3) is 5.61. The number of hydrogen-bond donors (Lipinski definition) is 0. The van der Waals surface area contributed by atoms with Crippen LogP contribution in [0.1, 0.15) is 19.4 Å². The molecule has 0 bridgehead atoms. The van der Waals surface area contributed by atoms with Gasteiger partial charge < -0.3 is 4.90 Å². The van der Waals surface area contributed by atoms with Gasteiger partial charge in [-0.25, -0.2) is 8.42 Å². The molecule has 8 heteroatoms. The molecule has 0 unspecified atom stereocenters. The zero-order valence-electron chi connectivity index (χ0n) is 15.4. The number of carbonyl (C=O) groups excluding carboxylic acids is 1. The molecule has 0 heterocycles. The molecule has 0 N–H and O–H groups in total. The second-order valence-electron chi connectivity index (χ2n) is 6.65. The molecular formula is C19H22Cl2N2O3S. The maximum atomic E-state index is 12.3. The molecule has 0 aliphatic heterocycles. The zero-order valence-corrected chi connectivity index (χ0v) is 17.7. The average Bonchev–Trinajstić information content (AvgIpc) is 2.60. The van der Waals surface area contributed by atoms with Crippen molar-refractivity contribution in [3.8, 4) is 0 Å². The second kappa shape index (κ2) is 8.95. The number of nitrogens with zero attached hydrogens (tertiary/aromatic N) is 2. The summed E-state index contributed by atoms with van der Waals surface area (Å²) in [7, 11) is -3.55. The highest BCUT2D eigenvalue weighted by Crippen LogP contribution is 2.30. The van der Waals surface area contributed by atoms with E-state index >= 15 is 0 Å². The van der Waals surface area contributed by atoms with Gasteiger partial charge in [0.15, 0.2) is 0 Å². The summed E-state index contributed by atoms with van der Waals surface area (Å²) in [5.41, 5.74) is 1.79. The standard InChI is InChI=1S/C19H22Cl2N2O3S/c1-14(2)11-22(13-24)16-7-9-17(10-8-16)23(27(3,25)26)12-15-5-4-6-18(20)19(15)21/h4-10,13-14H,11-12H2,1-3H3. The van der Waals surface area contributed by atoms with E-state index in [1.807, 2.05) is 13.8 Å². The summed E-state index contributed by atoms with van der Waals surface area (Å²) in [6.07, 6.45) is 1.91. The zero-order chi connectivity index (χ0) is 20.2. The Hall–Kier alpha value is -1.76. The number of sulfonamides is 1. The molecule has 0 aromatic heterocycles. The van der Waals surface area contributed by atoms with Crippen LogP contribution in [0.25, 0.3) is 0 Å². The maximum Gasteiger partial charge on any atom is 0.232 e. The fourth-order valence-electron chi connectivity index (χ4n) is 2.64. The second-order valence-corrected chi connectivity index (χ2v) is 9.34. The topological polar surface area (TPSA) is 57.7 Å². The SMILES string of the molecule is CC(C)CN(C=O)c1ccc(N(Cc2cccc(Cl)c2Cl)S(C)(=O)=O)cc1. The van der Waals surface area contributed by atoms with Crippen LogP contribution in [0.5, 0.6) is 0 Å². The van der Waals surface area contributed by atoms with Gasteiger partial charge in [-0.3, -0.25) is 9.10 Å². The summed E-state index contributed by atoms with van der Waals surface area (Å²) < 4.78 is 25.9. The van der Waals surface area contributed by atoms with E-state index in [1.165, 1.54) is 4.31 Å². The fraction of sp³-hybridized carbons (Fsp3) is 0.316. The molecule has 0 saturated carbocycles. The van der Waals surface area contributed by atoms with Gasteiger partial charge in [-0.1, -0.05) is 49.2 Å². The van der Waals surface area contributed by atoms with Crippen LogP contribution in [0.2, 0.25) is 10.0 Å². The molecule has 0 saturated heterocycles. The molecule has 0 aliphatic carbocycles. The summed E-state index contributed by atoms with van der Waals surface area (Å²) in [6.45, 7) is 4.67. The Labute approximate surface area is 170 Å². The Morgan fingerprint density at radius 1 is 1.04 bits per heavy atom. The first kappa shape index (κ1) is 21.5. The predicted molar refractivity (Wildman–Crippen MR) is 112 cm³/mol. The lowest BCUT2D eigenvalue weighted by atomic mass is 10.2. The molecule has 2 aromatic carbocycles.